The maximum atomic E-state index is 13.8. The number of nitrogens with zero attached hydrogens (tertiary/aromatic N) is 4. The Labute approximate surface area is 229 Å². The number of aromatic nitrogens is 3. The molecule has 1 unspecified atom stereocenters. The van der Waals surface area contributed by atoms with Crippen molar-refractivity contribution in [3.8, 4) is 11.3 Å². The number of hydrogen-bond acceptors (Lipinski definition) is 9. The van der Waals surface area contributed by atoms with Gasteiger partial charge in [0.15, 0.2) is 17.5 Å². The van der Waals surface area contributed by atoms with Gasteiger partial charge in [-0.2, -0.15) is 0 Å². The smallest absolute Gasteiger partial charge is 0.248 e. The van der Waals surface area contributed by atoms with E-state index in [4.69, 9.17) is 4.74 Å². The molecule has 6 atom stereocenters. The monoisotopic (exact) mass is 596 g/mol. The maximum absolute atomic E-state index is 13.8. The largest absolute Gasteiger partial charge is 0.394 e. The topological polar surface area (TPSA) is 141 Å². The van der Waals surface area contributed by atoms with Gasteiger partial charge in [-0.3, -0.25) is 4.79 Å². The molecule has 2 heterocycles. The second kappa shape index (κ2) is 11.5. The van der Waals surface area contributed by atoms with Crippen LogP contribution in [0.15, 0.2) is 18.3 Å². The Balaban J connectivity index is 1.64. The number of carbonyl (C=O) groups excluding carboxylic acids is 1. The van der Waals surface area contributed by atoms with Gasteiger partial charge in [-0.05, 0) is 25.0 Å². The van der Waals surface area contributed by atoms with Crippen molar-refractivity contribution in [1.82, 2.24) is 19.9 Å². The third-order valence-electron chi connectivity index (χ3n) is 7.21. The fourth-order valence-electron chi connectivity index (χ4n) is 4.85. The number of alkyl halides is 2. The standard InChI is InChI=1S/C24H29F5N4O6S/c1-32(2)21(37)20(23(38)3-5-24(28,29)6-4-23)40-22-19(36)17(18(35)15(10-34)39-22)33-9-14(30-31-33)11-7-12(25)16(27)13(26)8-11/h7-9,15,17-20,22,34-36,38H,3-6,10H2,1-2H3/t15-,17+,18+,19-,20?,22+/m1/s1. The molecular weight excluding hydrogens is 567 g/mol. The molecule has 2 aromatic rings. The minimum absolute atomic E-state index is 0.133. The molecule has 0 radical (unpaired) electrons. The predicted molar refractivity (Wildman–Crippen MR) is 131 cm³/mol. The molecule has 2 fully saturated rings. The maximum Gasteiger partial charge on any atom is 0.248 e. The van der Waals surface area contributed by atoms with Crippen molar-refractivity contribution in [1.29, 1.82) is 0 Å². The molecule has 0 bridgehead atoms. The number of thioether (sulfide) groups is 1. The van der Waals surface area contributed by atoms with E-state index >= 15 is 0 Å². The number of amides is 1. The molecule has 16 heteroatoms. The Morgan fingerprint density at radius 3 is 2.30 bits per heavy atom. The Bertz CT molecular complexity index is 1200. The summed E-state index contributed by atoms with van der Waals surface area (Å²) < 4.78 is 75.2. The van der Waals surface area contributed by atoms with Crippen LogP contribution >= 0.6 is 11.8 Å². The molecule has 1 aromatic carbocycles. The molecule has 2 aliphatic rings. The van der Waals surface area contributed by atoms with Gasteiger partial charge >= 0.3 is 0 Å². The first-order chi connectivity index (χ1) is 18.7. The van der Waals surface area contributed by atoms with Crippen LogP contribution in [0, 0.1) is 17.5 Å². The first-order valence-corrected chi connectivity index (χ1v) is 13.3. The van der Waals surface area contributed by atoms with Crippen molar-refractivity contribution >= 4 is 17.7 Å². The molecule has 0 spiro atoms. The lowest BCUT2D eigenvalue weighted by Gasteiger charge is -2.46. The van der Waals surface area contributed by atoms with Crippen molar-refractivity contribution < 1.29 is 51.9 Å². The zero-order chi connectivity index (χ0) is 29.6. The number of aliphatic hydroxyl groups excluding tert-OH is 3. The van der Waals surface area contributed by atoms with Crippen LogP contribution < -0.4 is 0 Å². The summed E-state index contributed by atoms with van der Waals surface area (Å²) in [6.45, 7) is -0.736. The van der Waals surface area contributed by atoms with Crippen LogP contribution in [-0.4, -0.2) is 107 Å². The first kappa shape index (κ1) is 30.6. The van der Waals surface area contributed by atoms with Crippen molar-refractivity contribution in [2.75, 3.05) is 20.7 Å². The molecule has 4 N–H and O–H groups in total. The highest BCUT2D eigenvalue weighted by atomic mass is 32.2. The van der Waals surface area contributed by atoms with E-state index in [0.717, 1.165) is 15.8 Å². The number of carbonyl (C=O) groups is 1. The van der Waals surface area contributed by atoms with Gasteiger partial charge < -0.3 is 30.1 Å². The summed E-state index contributed by atoms with van der Waals surface area (Å²) >= 11 is 0.661. The lowest BCUT2D eigenvalue weighted by molar-refractivity contribution is -0.179. The van der Waals surface area contributed by atoms with Crippen molar-refractivity contribution in [2.24, 2.45) is 0 Å². The van der Waals surface area contributed by atoms with Crippen LogP contribution in [0.2, 0.25) is 0 Å². The Morgan fingerprint density at radius 1 is 1.15 bits per heavy atom. The van der Waals surface area contributed by atoms with Crippen LogP contribution in [-0.2, 0) is 9.53 Å². The Hall–Kier alpha value is -2.37. The third-order valence-corrected chi connectivity index (χ3v) is 8.79. The van der Waals surface area contributed by atoms with E-state index in [1.54, 1.807) is 0 Å². The average molecular weight is 597 g/mol. The predicted octanol–water partition coefficient (Wildman–Crippen LogP) is 1.47. The zero-order valence-electron chi connectivity index (χ0n) is 21.4. The van der Waals surface area contributed by atoms with Gasteiger partial charge in [0.05, 0.1) is 18.4 Å². The van der Waals surface area contributed by atoms with E-state index in [0.29, 0.717) is 23.9 Å². The van der Waals surface area contributed by atoms with Crippen LogP contribution in [0.25, 0.3) is 11.3 Å². The summed E-state index contributed by atoms with van der Waals surface area (Å²) in [5.74, 6) is -8.24. The van der Waals surface area contributed by atoms with Crippen molar-refractivity contribution in [3.05, 3.63) is 35.8 Å². The van der Waals surface area contributed by atoms with E-state index < -0.39 is 102 Å². The van der Waals surface area contributed by atoms with Gasteiger partial charge in [-0.15, -0.1) is 16.9 Å². The third kappa shape index (κ3) is 5.97. The molecule has 1 aliphatic carbocycles. The highest BCUT2D eigenvalue weighted by Crippen LogP contribution is 2.46. The number of hydrogen-bond donors (Lipinski definition) is 4. The van der Waals surface area contributed by atoms with Crippen LogP contribution in [0.4, 0.5) is 22.0 Å². The fraction of sp³-hybridized carbons (Fsp3) is 0.625. The number of ether oxygens (including phenoxy) is 1. The van der Waals surface area contributed by atoms with E-state index in [1.807, 2.05) is 0 Å². The number of benzene rings is 1. The lowest BCUT2D eigenvalue weighted by Crippen LogP contribution is -2.58. The van der Waals surface area contributed by atoms with Crippen LogP contribution in [0.1, 0.15) is 31.7 Å². The summed E-state index contributed by atoms with van der Waals surface area (Å²) in [6.07, 6.45) is -5.54. The van der Waals surface area contributed by atoms with Crippen LogP contribution in [0.3, 0.4) is 0 Å². The average Bonchev–Trinajstić information content (AvgIpc) is 3.38. The fourth-order valence-corrected chi connectivity index (χ4v) is 6.46. The van der Waals surface area contributed by atoms with E-state index in [-0.39, 0.29) is 11.3 Å². The summed E-state index contributed by atoms with van der Waals surface area (Å²) in [5.41, 5.74) is -3.56. The molecule has 1 saturated carbocycles. The highest BCUT2D eigenvalue weighted by Gasteiger charge is 2.53. The van der Waals surface area contributed by atoms with Gasteiger partial charge in [-0.1, -0.05) is 5.21 Å². The summed E-state index contributed by atoms with van der Waals surface area (Å²) in [6, 6.07) is -0.00447. The van der Waals surface area contributed by atoms with Crippen molar-refractivity contribution in [2.45, 2.75) is 72.2 Å². The quantitative estimate of drug-likeness (QED) is 0.276. The summed E-state index contributed by atoms with van der Waals surface area (Å²) in [7, 11) is 2.83. The minimum Gasteiger partial charge on any atom is -0.394 e. The van der Waals surface area contributed by atoms with Gasteiger partial charge in [0.1, 0.15) is 40.7 Å². The molecular formula is C24H29F5N4O6S. The Kier molecular flexibility index (Phi) is 8.78. The normalized spacial score (nSPS) is 28.7. The number of rotatable bonds is 7. The highest BCUT2D eigenvalue weighted by molar-refractivity contribution is 8.01. The van der Waals surface area contributed by atoms with Gasteiger partial charge in [0.25, 0.3) is 0 Å². The van der Waals surface area contributed by atoms with Crippen LogP contribution in [0.5, 0.6) is 0 Å². The molecule has 4 rings (SSSR count). The minimum atomic E-state index is -3.00. The Morgan fingerprint density at radius 2 is 1.75 bits per heavy atom. The lowest BCUT2D eigenvalue weighted by atomic mass is 9.80. The van der Waals surface area contributed by atoms with E-state index in [1.165, 1.54) is 14.1 Å². The second-order valence-corrected chi connectivity index (χ2v) is 11.5. The van der Waals surface area contributed by atoms with E-state index in [9.17, 15) is 47.2 Å². The first-order valence-electron chi connectivity index (χ1n) is 12.3. The SMILES string of the molecule is CN(C)C(=O)C(S[C@@H]1O[C@H](CO)[C@H](O)[C@H](n2cc(-c3cc(F)c(F)c(F)c3)nn2)[C@H]1O)C1(O)CCC(F)(F)CC1. The zero-order valence-corrected chi connectivity index (χ0v) is 22.2. The summed E-state index contributed by atoms with van der Waals surface area (Å²) in [4.78, 5) is 14.3. The van der Waals surface area contributed by atoms with Gasteiger partial charge in [-0.25, -0.2) is 26.6 Å². The van der Waals surface area contributed by atoms with E-state index in [2.05, 4.69) is 10.3 Å². The number of halogens is 5. The molecule has 40 heavy (non-hydrogen) atoms. The summed E-state index contributed by atoms with van der Waals surface area (Å²) in [5, 5.41) is 49.5. The number of aliphatic hydroxyl groups is 4. The molecule has 1 aliphatic heterocycles. The van der Waals surface area contributed by atoms with Crippen molar-refractivity contribution in [3.63, 3.8) is 0 Å². The molecule has 1 amide bonds. The molecule has 1 saturated heterocycles. The molecule has 222 valence electrons. The van der Waals surface area contributed by atoms with Gasteiger partial charge in [0, 0.05) is 32.5 Å². The molecule has 1 aromatic heterocycles. The van der Waals surface area contributed by atoms with Gasteiger partial charge in [0.2, 0.25) is 11.8 Å². The molecule has 10 nitrogen and oxygen atoms in total. The second-order valence-electron chi connectivity index (χ2n) is 10.2.